The van der Waals surface area contributed by atoms with Crippen LogP contribution in [0.3, 0.4) is 0 Å². The number of pyridine rings is 1. The van der Waals surface area contributed by atoms with E-state index in [1.165, 1.54) is 0 Å². The van der Waals surface area contributed by atoms with Crippen LogP contribution in [0.4, 0.5) is 17.1 Å². The minimum Gasteiger partial charge on any atom is -0.495 e. The lowest BCUT2D eigenvalue weighted by Crippen LogP contribution is -2.12. The molecule has 2 aromatic carbocycles. The molecule has 5 heteroatoms. The van der Waals surface area contributed by atoms with E-state index in [4.69, 9.17) is 4.74 Å². The highest BCUT2D eigenvalue weighted by molar-refractivity contribution is 6.04. The quantitative estimate of drug-likeness (QED) is 0.670. The lowest BCUT2D eigenvalue weighted by Gasteiger charge is -2.13. The molecule has 0 aliphatic carbocycles. The fraction of sp³-hybridized carbons (Fsp3) is 0.182. The number of methoxy groups -OCH3 is 1. The zero-order chi connectivity index (χ0) is 19.4. The Morgan fingerprint density at radius 1 is 0.889 bits per heavy atom. The first-order chi connectivity index (χ1) is 12.9. The number of benzene rings is 2. The predicted molar refractivity (Wildman–Crippen MR) is 109 cm³/mol. The number of rotatable bonds is 5. The van der Waals surface area contributed by atoms with Gasteiger partial charge in [0.25, 0.3) is 5.91 Å². The summed E-state index contributed by atoms with van der Waals surface area (Å²) in [5.41, 5.74) is 6.10. The van der Waals surface area contributed by atoms with Gasteiger partial charge in [-0.25, -0.2) is 0 Å². The van der Waals surface area contributed by atoms with Crippen LogP contribution in [0, 0.1) is 20.8 Å². The third-order valence-corrected chi connectivity index (χ3v) is 4.11. The standard InChI is InChI=1S/C22H23N3O2/c1-14-5-6-21(27-4)20(10-14)24-19-11-17(12-23-13-19)22(26)25-18-8-15(2)7-16(3)9-18/h5-13,24H,1-4H3,(H,25,26). The summed E-state index contributed by atoms with van der Waals surface area (Å²) in [4.78, 5) is 16.8. The van der Waals surface area contributed by atoms with Gasteiger partial charge in [-0.1, -0.05) is 12.1 Å². The van der Waals surface area contributed by atoms with E-state index in [0.29, 0.717) is 11.3 Å². The number of nitrogens with zero attached hydrogens (tertiary/aromatic N) is 1. The largest absolute Gasteiger partial charge is 0.495 e. The summed E-state index contributed by atoms with van der Waals surface area (Å²) in [6.45, 7) is 6.02. The van der Waals surface area contributed by atoms with E-state index >= 15 is 0 Å². The summed E-state index contributed by atoms with van der Waals surface area (Å²) < 4.78 is 5.39. The van der Waals surface area contributed by atoms with E-state index < -0.39 is 0 Å². The van der Waals surface area contributed by atoms with Crippen LogP contribution < -0.4 is 15.4 Å². The maximum Gasteiger partial charge on any atom is 0.257 e. The van der Waals surface area contributed by atoms with Gasteiger partial charge in [0, 0.05) is 11.9 Å². The Kier molecular flexibility index (Phi) is 5.41. The van der Waals surface area contributed by atoms with Crippen LogP contribution in [-0.4, -0.2) is 18.0 Å². The smallest absolute Gasteiger partial charge is 0.257 e. The zero-order valence-corrected chi connectivity index (χ0v) is 16.0. The van der Waals surface area contributed by atoms with Gasteiger partial charge >= 0.3 is 0 Å². The number of carbonyl (C=O) groups excluding carboxylic acids is 1. The molecule has 0 radical (unpaired) electrons. The second-order valence-electron chi connectivity index (χ2n) is 6.62. The number of aromatic nitrogens is 1. The van der Waals surface area contributed by atoms with E-state index in [-0.39, 0.29) is 5.91 Å². The predicted octanol–water partition coefficient (Wildman–Crippen LogP) is 5.01. The van der Waals surface area contributed by atoms with Crippen LogP contribution in [0.25, 0.3) is 0 Å². The van der Waals surface area contributed by atoms with Crippen molar-refractivity contribution in [3.8, 4) is 5.75 Å². The van der Waals surface area contributed by atoms with Gasteiger partial charge in [-0.2, -0.15) is 0 Å². The summed E-state index contributed by atoms with van der Waals surface area (Å²) in [6, 6.07) is 13.6. The summed E-state index contributed by atoms with van der Waals surface area (Å²) in [6.07, 6.45) is 3.23. The van der Waals surface area contributed by atoms with Gasteiger partial charge < -0.3 is 15.4 Å². The minimum absolute atomic E-state index is 0.202. The van der Waals surface area contributed by atoms with Crippen LogP contribution in [0.5, 0.6) is 5.75 Å². The van der Waals surface area contributed by atoms with E-state index in [1.807, 2.05) is 51.1 Å². The van der Waals surface area contributed by atoms with Crippen molar-refractivity contribution in [2.45, 2.75) is 20.8 Å². The molecule has 1 amide bonds. The van der Waals surface area contributed by atoms with Crippen molar-refractivity contribution in [2.24, 2.45) is 0 Å². The van der Waals surface area contributed by atoms with E-state index in [9.17, 15) is 4.79 Å². The molecule has 0 fully saturated rings. The highest BCUT2D eigenvalue weighted by Gasteiger charge is 2.10. The fourth-order valence-electron chi connectivity index (χ4n) is 2.96. The molecule has 138 valence electrons. The molecule has 0 aliphatic heterocycles. The Hall–Kier alpha value is -3.34. The molecule has 1 aromatic heterocycles. The third kappa shape index (κ3) is 4.64. The van der Waals surface area contributed by atoms with Gasteiger partial charge in [-0.3, -0.25) is 9.78 Å². The second kappa shape index (κ2) is 7.91. The number of anilines is 3. The van der Waals surface area contributed by atoms with Gasteiger partial charge in [0.2, 0.25) is 0 Å². The molecule has 0 aliphatic rings. The van der Waals surface area contributed by atoms with Gasteiger partial charge in [0.1, 0.15) is 5.75 Å². The Morgan fingerprint density at radius 2 is 1.63 bits per heavy atom. The van der Waals surface area contributed by atoms with Gasteiger partial charge in [0.15, 0.2) is 0 Å². The topological polar surface area (TPSA) is 63.2 Å². The maximum atomic E-state index is 12.6. The van der Waals surface area contributed by atoms with Crippen molar-refractivity contribution in [1.82, 2.24) is 4.98 Å². The zero-order valence-electron chi connectivity index (χ0n) is 16.0. The molecular formula is C22H23N3O2. The average Bonchev–Trinajstić information content (AvgIpc) is 2.61. The highest BCUT2D eigenvalue weighted by atomic mass is 16.5. The first-order valence-electron chi connectivity index (χ1n) is 8.71. The maximum absolute atomic E-state index is 12.6. The van der Waals surface area contributed by atoms with Crippen molar-refractivity contribution in [3.63, 3.8) is 0 Å². The highest BCUT2D eigenvalue weighted by Crippen LogP contribution is 2.28. The van der Waals surface area contributed by atoms with E-state index in [2.05, 4.69) is 21.7 Å². The van der Waals surface area contributed by atoms with Crippen molar-refractivity contribution >= 4 is 23.0 Å². The first-order valence-corrected chi connectivity index (χ1v) is 8.71. The number of hydrogen-bond acceptors (Lipinski definition) is 4. The Morgan fingerprint density at radius 3 is 2.33 bits per heavy atom. The molecule has 0 saturated heterocycles. The SMILES string of the molecule is COc1ccc(C)cc1Nc1cncc(C(=O)Nc2cc(C)cc(C)c2)c1. The van der Waals surface area contributed by atoms with Crippen molar-refractivity contribution in [1.29, 1.82) is 0 Å². The molecule has 3 aromatic rings. The summed E-state index contributed by atoms with van der Waals surface area (Å²) in [5, 5.41) is 6.21. The number of amides is 1. The molecule has 3 rings (SSSR count). The van der Waals surface area contributed by atoms with Crippen LogP contribution in [0.15, 0.2) is 54.9 Å². The van der Waals surface area contributed by atoms with Crippen molar-refractivity contribution in [3.05, 3.63) is 77.1 Å². The molecule has 0 saturated carbocycles. The normalized spacial score (nSPS) is 10.4. The van der Waals surface area contributed by atoms with Gasteiger partial charge in [-0.05, 0) is 67.8 Å². The van der Waals surface area contributed by atoms with Crippen LogP contribution in [0.1, 0.15) is 27.0 Å². The number of ether oxygens (including phenoxy) is 1. The molecule has 1 heterocycles. The Bertz CT molecular complexity index is 963. The summed E-state index contributed by atoms with van der Waals surface area (Å²) >= 11 is 0. The number of hydrogen-bond donors (Lipinski definition) is 2. The monoisotopic (exact) mass is 361 g/mol. The van der Waals surface area contributed by atoms with Crippen molar-refractivity contribution < 1.29 is 9.53 Å². The molecular weight excluding hydrogens is 338 g/mol. The van der Waals surface area contributed by atoms with Gasteiger partial charge in [-0.15, -0.1) is 0 Å². The lowest BCUT2D eigenvalue weighted by molar-refractivity contribution is 0.102. The van der Waals surface area contributed by atoms with Crippen LogP contribution >= 0.6 is 0 Å². The summed E-state index contributed by atoms with van der Waals surface area (Å²) in [5.74, 6) is 0.526. The number of carbonyl (C=O) groups is 1. The van der Waals surface area contributed by atoms with Crippen LogP contribution in [-0.2, 0) is 0 Å². The number of aryl methyl sites for hydroxylation is 3. The second-order valence-corrected chi connectivity index (χ2v) is 6.62. The molecule has 2 N–H and O–H groups in total. The summed E-state index contributed by atoms with van der Waals surface area (Å²) in [7, 11) is 1.63. The first kappa shape index (κ1) is 18.5. The molecule has 0 bridgehead atoms. The Labute approximate surface area is 159 Å². The lowest BCUT2D eigenvalue weighted by atomic mass is 10.1. The number of nitrogens with one attached hydrogen (secondary N) is 2. The molecule has 5 nitrogen and oxygen atoms in total. The van der Waals surface area contributed by atoms with Gasteiger partial charge in [0.05, 0.1) is 30.2 Å². The molecule has 0 atom stereocenters. The molecule has 27 heavy (non-hydrogen) atoms. The van der Waals surface area contributed by atoms with Crippen LogP contribution in [0.2, 0.25) is 0 Å². The fourth-order valence-corrected chi connectivity index (χ4v) is 2.96. The Balaban J connectivity index is 1.81. The average molecular weight is 361 g/mol. The van der Waals surface area contributed by atoms with E-state index in [1.54, 1.807) is 25.6 Å². The molecule has 0 unspecified atom stereocenters. The third-order valence-electron chi connectivity index (χ3n) is 4.11. The minimum atomic E-state index is -0.202. The van der Waals surface area contributed by atoms with Crippen molar-refractivity contribution in [2.75, 3.05) is 17.7 Å². The molecule has 0 spiro atoms. The van der Waals surface area contributed by atoms with E-state index in [0.717, 1.165) is 33.8 Å².